The fraction of sp³-hybridized carbons (Fsp3) is 0.594. The Hall–Kier alpha value is -2.58. The first kappa shape index (κ1) is 30.4. The third-order valence-corrected chi connectivity index (χ3v) is 10.7. The van der Waals surface area contributed by atoms with Gasteiger partial charge in [0.2, 0.25) is 11.8 Å². The quantitative estimate of drug-likeness (QED) is 0.176. The monoisotopic (exact) mass is 568 g/mol. The molecule has 40 heavy (non-hydrogen) atoms. The number of fused-ring (bicyclic) bond motifs is 1. The number of benzene rings is 1. The number of nitrogens with zero attached hydrogens (tertiary/aromatic N) is 2. The zero-order valence-electron chi connectivity index (χ0n) is 23.8. The van der Waals surface area contributed by atoms with Gasteiger partial charge in [-0.15, -0.1) is 24.9 Å². The van der Waals surface area contributed by atoms with Crippen LogP contribution in [0.1, 0.15) is 63.9 Å². The van der Waals surface area contributed by atoms with Gasteiger partial charge in [0, 0.05) is 31.0 Å². The van der Waals surface area contributed by atoms with Crippen molar-refractivity contribution in [3.63, 3.8) is 0 Å². The van der Waals surface area contributed by atoms with Crippen LogP contribution in [0.25, 0.3) is 0 Å². The number of esters is 1. The average molecular weight is 569 g/mol. The molecule has 2 unspecified atom stereocenters. The molecule has 0 aromatic heterocycles. The molecule has 2 bridgehead atoms. The highest BCUT2D eigenvalue weighted by molar-refractivity contribution is 8.02. The lowest BCUT2D eigenvalue weighted by atomic mass is 9.66. The summed E-state index contributed by atoms with van der Waals surface area (Å²) in [6.07, 6.45) is 9.70. The molecule has 3 aliphatic heterocycles. The first-order valence-corrected chi connectivity index (χ1v) is 15.5. The molecule has 8 heteroatoms. The molecule has 3 aliphatic rings. The largest absolute Gasteiger partial charge is 0.465 e. The van der Waals surface area contributed by atoms with Gasteiger partial charge >= 0.3 is 5.97 Å². The SMILES string of the molecule is C=CCCCCOC(=O)[C@@H]1[C@H]2C(=O)N(CCCCCO)C(C(=O)N(CC=C)Cc3ccccc3)C23CC[C@@]1(C)S3. The molecule has 1 aromatic rings. The minimum absolute atomic E-state index is 0.0862. The van der Waals surface area contributed by atoms with Gasteiger partial charge in [0.05, 0.1) is 23.2 Å². The van der Waals surface area contributed by atoms with E-state index in [0.717, 1.165) is 37.7 Å². The Morgan fingerprint density at radius 1 is 1.12 bits per heavy atom. The van der Waals surface area contributed by atoms with Gasteiger partial charge in [0.1, 0.15) is 6.04 Å². The van der Waals surface area contributed by atoms with Crippen molar-refractivity contribution < 1.29 is 24.2 Å². The van der Waals surface area contributed by atoms with Gasteiger partial charge in [-0.1, -0.05) is 42.5 Å². The lowest BCUT2D eigenvalue weighted by Crippen LogP contribution is -2.54. The first-order chi connectivity index (χ1) is 19.3. The molecule has 0 saturated carbocycles. The highest BCUT2D eigenvalue weighted by atomic mass is 32.2. The number of unbranched alkanes of at least 4 members (excludes halogenated alkanes) is 4. The third-order valence-electron chi connectivity index (χ3n) is 8.75. The van der Waals surface area contributed by atoms with Gasteiger partial charge in [-0.05, 0) is 63.9 Å². The number of hydrogen-bond donors (Lipinski definition) is 1. The maximum atomic E-state index is 14.5. The van der Waals surface area contributed by atoms with Crippen molar-refractivity contribution >= 4 is 29.5 Å². The smallest absolute Gasteiger partial charge is 0.311 e. The van der Waals surface area contributed by atoms with Crippen molar-refractivity contribution in [1.82, 2.24) is 9.80 Å². The number of amides is 2. The van der Waals surface area contributed by atoms with Gasteiger partial charge in [-0.3, -0.25) is 14.4 Å². The first-order valence-electron chi connectivity index (χ1n) is 14.7. The van der Waals surface area contributed by atoms with Crippen LogP contribution in [0.2, 0.25) is 0 Å². The average Bonchev–Trinajstić information content (AvgIpc) is 3.51. The highest BCUT2D eigenvalue weighted by Gasteiger charge is 2.77. The lowest BCUT2D eigenvalue weighted by molar-refractivity contribution is -0.155. The molecule has 218 valence electrons. The van der Waals surface area contributed by atoms with E-state index in [2.05, 4.69) is 20.1 Å². The van der Waals surface area contributed by atoms with E-state index < -0.39 is 27.4 Å². The molecule has 5 atom stereocenters. The summed E-state index contributed by atoms with van der Waals surface area (Å²) >= 11 is 1.68. The second-order valence-corrected chi connectivity index (χ2v) is 13.4. The number of likely N-dealkylation sites (tertiary alicyclic amines) is 1. The molecule has 3 saturated heterocycles. The predicted molar refractivity (Wildman–Crippen MR) is 158 cm³/mol. The van der Waals surface area contributed by atoms with Gasteiger partial charge in [0.25, 0.3) is 0 Å². The van der Waals surface area contributed by atoms with Crippen LogP contribution in [0.4, 0.5) is 0 Å². The van der Waals surface area contributed by atoms with Crippen molar-refractivity contribution in [2.45, 2.75) is 80.4 Å². The van der Waals surface area contributed by atoms with E-state index in [4.69, 9.17) is 4.74 Å². The molecular formula is C32H44N2O5S. The standard InChI is InChI=1S/C32H44N2O5S/c1-4-6-7-14-22-39-30(38)26-25-28(36)34(20-12-9-13-21-35)27(32(25)18-17-31(26,3)40-32)29(37)33(19-5-2)23-24-15-10-8-11-16-24/h4-5,8,10-11,15-16,25-27,35H,1-2,6-7,9,12-14,17-23H2,3H3/t25-,26-,27?,31+,32?/m0/s1. The minimum atomic E-state index is -0.664. The normalized spacial score (nSPS) is 28.4. The highest BCUT2D eigenvalue weighted by Crippen LogP contribution is 2.71. The number of hydrogen-bond acceptors (Lipinski definition) is 6. The fourth-order valence-electron chi connectivity index (χ4n) is 6.89. The number of thioether (sulfide) groups is 1. The number of carbonyl (C=O) groups excluding carboxylic acids is 3. The number of allylic oxidation sites excluding steroid dienone is 1. The molecule has 4 rings (SSSR count). The van der Waals surface area contributed by atoms with Crippen molar-refractivity contribution in [2.75, 3.05) is 26.3 Å². The third kappa shape index (κ3) is 5.89. The molecule has 7 nitrogen and oxygen atoms in total. The fourth-order valence-corrected chi connectivity index (χ4v) is 9.23. The lowest BCUT2D eigenvalue weighted by Gasteiger charge is -2.37. The Bertz CT molecular complexity index is 1080. The van der Waals surface area contributed by atoms with E-state index in [-0.39, 0.29) is 24.4 Å². The Balaban J connectivity index is 1.63. The van der Waals surface area contributed by atoms with E-state index in [1.807, 2.05) is 36.4 Å². The van der Waals surface area contributed by atoms with Crippen molar-refractivity contribution in [3.8, 4) is 0 Å². The van der Waals surface area contributed by atoms with Crippen LogP contribution >= 0.6 is 11.8 Å². The van der Waals surface area contributed by atoms with Crippen LogP contribution in [0.3, 0.4) is 0 Å². The second-order valence-electron chi connectivity index (χ2n) is 11.5. The Morgan fingerprint density at radius 3 is 2.60 bits per heavy atom. The summed E-state index contributed by atoms with van der Waals surface area (Å²) in [7, 11) is 0. The van der Waals surface area contributed by atoms with E-state index in [1.165, 1.54) is 0 Å². The molecule has 1 spiro atoms. The summed E-state index contributed by atoms with van der Waals surface area (Å²) < 4.78 is 4.65. The van der Waals surface area contributed by atoms with E-state index >= 15 is 0 Å². The van der Waals surface area contributed by atoms with Gasteiger partial charge in [-0.2, -0.15) is 0 Å². The Morgan fingerprint density at radius 2 is 1.90 bits per heavy atom. The second kappa shape index (κ2) is 13.4. The summed E-state index contributed by atoms with van der Waals surface area (Å²) in [5.41, 5.74) is 1.01. The van der Waals surface area contributed by atoms with Crippen LogP contribution in [0, 0.1) is 11.8 Å². The maximum absolute atomic E-state index is 14.5. The number of aliphatic hydroxyl groups is 1. The summed E-state index contributed by atoms with van der Waals surface area (Å²) in [5.74, 6) is -1.65. The van der Waals surface area contributed by atoms with Crippen molar-refractivity contribution in [2.24, 2.45) is 11.8 Å². The Labute approximate surface area is 243 Å². The van der Waals surface area contributed by atoms with Gasteiger partial charge < -0.3 is 19.6 Å². The van der Waals surface area contributed by atoms with E-state index in [1.54, 1.807) is 27.6 Å². The van der Waals surface area contributed by atoms with Crippen LogP contribution in [-0.2, 0) is 25.7 Å². The predicted octanol–water partition coefficient (Wildman–Crippen LogP) is 4.74. The van der Waals surface area contributed by atoms with E-state index in [9.17, 15) is 19.5 Å². The molecule has 1 aromatic carbocycles. The summed E-state index contributed by atoms with van der Waals surface area (Å²) in [6, 6.07) is 9.19. The molecule has 0 radical (unpaired) electrons. The van der Waals surface area contributed by atoms with Crippen molar-refractivity contribution in [3.05, 3.63) is 61.2 Å². The van der Waals surface area contributed by atoms with Gasteiger partial charge in [-0.25, -0.2) is 0 Å². The zero-order chi connectivity index (χ0) is 28.8. The molecular weight excluding hydrogens is 524 g/mol. The molecule has 3 fully saturated rings. The van der Waals surface area contributed by atoms with Crippen LogP contribution < -0.4 is 0 Å². The topological polar surface area (TPSA) is 87.1 Å². The minimum Gasteiger partial charge on any atom is -0.465 e. The number of rotatable bonds is 16. The summed E-state index contributed by atoms with van der Waals surface area (Å²) in [6.45, 7) is 11.4. The zero-order valence-corrected chi connectivity index (χ0v) is 24.6. The number of carbonyl (C=O) groups is 3. The molecule has 3 heterocycles. The van der Waals surface area contributed by atoms with Crippen molar-refractivity contribution in [1.29, 1.82) is 0 Å². The molecule has 1 N–H and O–H groups in total. The van der Waals surface area contributed by atoms with Crippen LogP contribution in [-0.4, -0.2) is 74.5 Å². The van der Waals surface area contributed by atoms with Crippen LogP contribution in [0.15, 0.2) is 55.6 Å². The molecule has 0 aliphatic carbocycles. The maximum Gasteiger partial charge on any atom is 0.311 e. The number of aliphatic hydroxyl groups excluding tert-OH is 1. The van der Waals surface area contributed by atoms with E-state index in [0.29, 0.717) is 45.5 Å². The summed E-state index contributed by atoms with van der Waals surface area (Å²) in [5, 5.41) is 9.27. The number of ether oxygens (including phenoxy) is 1. The van der Waals surface area contributed by atoms with Crippen LogP contribution in [0.5, 0.6) is 0 Å². The molecule has 2 amide bonds. The summed E-state index contributed by atoms with van der Waals surface area (Å²) in [4.78, 5) is 45.8. The Kier molecular flexibility index (Phi) is 10.2. The van der Waals surface area contributed by atoms with Gasteiger partial charge in [0.15, 0.2) is 0 Å².